The average Bonchev–Trinajstić information content (AvgIpc) is 3.37. The molecule has 3 heterocycles. The first kappa shape index (κ1) is 19.7. The molecule has 0 unspecified atom stereocenters. The summed E-state index contributed by atoms with van der Waals surface area (Å²) in [5, 5.41) is 3.24. The smallest absolute Gasteiger partial charge is 0.276 e. The second kappa shape index (κ2) is 7.48. The predicted octanol–water partition coefficient (Wildman–Crippen LogP) is 4.11. The lowest BCUT2D eigenvalue weighted by atomic mass is 9.91. The Kier molecular flexibility index (Phi) is 4.76. The van der Waals surface area contributed by atoms with Crippen molar-refractivity contribution in [3.8, 4) is 5.75 Å². The van der Waals surface area contributed by atoms with E-state index in [0.29, 0.717) is 29.3 Å². The van der Waals surface area contributed by atoms with E-state index in [0.717, 1.165) is 31.2 Å². The third-order valence-electron chi connectivity index (χ3n) is 6.65. The van der Waals surface area contributed by atoms with Gasteiger partial charge in [-0.05, 0) is 31.9 Å². The maximum absolute atomic E-state index is 13.7. The predicted molar refractivity (Wildman–Crippen MR) is 117 cm³/mol. The van der Waals surface area contributed by atoms with Gasteiger partial charge in [-0.1, -0.05) is 25.3 Å². The van der Waals surface area contributed by atoms with Gasteiger partial charge in [0.1, 0.15) is 17.0 Å². The lowest BCUT2D eigenvalue weighted by Crippen LogP contribution is -2.65. The number of rotatable bonds is 4. The minimum Gasteiger partial charge on any atom is -0.497 e. The van der Waals surface area contributed by atoms with Crippen molar-refractivity contribution in [2.75, 3.05) is 12.0 Å². The van der Waals surface area contributed by atoms with Crippen molar-refractivity contribution in [3.05, 3.63) is 48.4 Å². The summed E-state index contributed by atoms with van der Waals surface area (Å²) in [7, 11) is 1.59. The third kappa shape index (κ3) is 3.19. The molecule has 1 N–H and O–H groups in total. The van der Waals surface area contributed by atoms with Crippen LogP contribution in [0.15, 0.2) is 47.1 Å². The summed E-state index contributed by atoms with van der Waals surface area (Å²) in [4.78, 5) is 29.1. The molecule has 3 aromatic rings. The van der Waals surface area contributed by atoms with Crippen LogP contribution in [-0.2, 0) is 11.3 Å². The summed E-state index contributed by atoms with van der Waals surface area (Å²) in [6, 6.07) is 11.0. The van der Waals surface area contributed by atoms with Crippen LogP contribution in [0.2, 0.25) is 0 Å². The first-order chi connectivity index (χ1) is 15.0. The Balaban J connectivity index is 1.60. The first-order valence-electron chi connectivity index (χ1n) is 10.9. The number of fused-ring (bicyclic) bond motifs is 3. The largest absolute Gasteiger partial charge is 0.497 e. The Morgan fingerprint density at radius 2 is 2.00 bits per heavy atom. The van der Waals surface area contributed by atoms with Crippen molar-refractivity contribution >= 4 is 28.6 Å². The van der Waals surface area contributed by atoms with Crippen molar-refractivity contribution < 1.29 is 18.7 Å². The van der Waals surface area contributed by atoms with Gasteiger partial charge in [0.15, 0.2) is 5.58 Å². The molecular formula is C24H27N3O4. The Morgan fingerprint density at radius 1 is 1.19 bits per heavy atom. The SMILES string of the molecule is COc1cccc(N2C(=O)c3cc4occc4n3C[C@]2(C)C(=O)NC2CCCCC2)c1. The maximum Gasteiger partial charge on any atom is 0.276 e. The van der Waals surface area contributed by atoms with Gasteiger partial charge in [-0.25, -0.2) is 0 Å². The number of hydrogen-bond acceptors (Lipinski definition) is 4. The standard InChI is InChI=1S/C24H27N3O4/c1-24(23(29)25-16-7-4-3-5-8-16)15-26-19-11-12-31-21(19)14-20(26)22(28)27(24)17-9-6-10-18(13-17)30-2/h6,9-14,16H,3-5,7-8,15H2,1-2H3,(H,25,29)/t24-/m1/s1. The number of carbonyl (C=O) groups is 2. The molecule has 1 saturated carbocycles. The molecule has 1 aromatic carbocycles. The summed E-state index contributed by atoms with van der Waals surface area (Å²) >= 11 is 0. The molecule has 1 aliphatic heterocycles. The highest BCUT2D eigenvalue weighted by atomic mass is 16.5. The molecule has 2 aromatic heterocycles. The van der Waals surface area contributed by atoms with Gasteiger partial charge in [0, 0.05) is 29.9 Å². The lowest BCUT2D eigenvalue weighted by molar-refractivity contribution is -0.127. The second-order valence-electron chi connectivity index (χ2n) is 8.71. The molecule has 5 rings (SSSR count). The molecule has 0 bridgehead atoms. The second-order valence-corrected chi connectivity index (χ2v) is 8.71. The van der Waals surface area contributed by atoms with E-state index >= 15 is 0 Å². The summed E-state index contributed by atoms with van der Waals surface area (Å²) in [5.74, 6) is 0.272. The van der Waals surface area contributed by atoms with E-state index in [9.17, 15) is 9.59 Å². The topological polar surface area (TPSA) is 76.7 Å². The molecule has 1 atom stereocenters. The highest BCUT2D eigenvalue weighted by molar-refractivity contribution is 6.13. The van der Waals surface area contributed by atoms with Gasteiger partial charge in [-0.15, -0.1) is 0 Å². The average molecular weight is 421 g/mol. The van der Waals surface area contributed by atoms with Gasteiger partial charge in [-0.2, -0.15) is 0 Å². The number of amides is 2. The van der Waals surface area contributed by atoms with Crippen LogP contribution in [0.25, 0.3) is 11.1 Å². The fourth-order valence-electron chi connectivity index (χ4n) is 4.95. The van der Waals surface area contributed by atoms with E-state index in [2.05, 4.69) is 5.32 Å². The van der Waals surface area contributed by atoms with Crippen molar-refractivity contribution in [1.29, 1.82) is 0 Å². The molecule has 162 valence electrons. The highest BCUT2D eigenvalue weighted by Crippen LogP contribution is 2.37. The van der Waals surface area contributed by atoms with Gasteiger partial charge < -0.3 is 19.0 Å². The van der Waals surface area contributed by atoms with E-state index in [1.165, 1.54) is 6.42 Å². The molecule has 1 aliphatic carbocycles. The summed E-state index contributed by atoms with van der Waals surface area (Å²) in [6.45, 7) is 2.18. The van der Waals surface area contributed by atoms with Gasteiger partial charge in [0.2, 0.25) is 5.91 Å². The zero-order valence-corrected chi connectivity index (χ0v) is 17.9. The quantitative estimate of drug-likeness (QED) is 0.688. The van der Waals surface area contributed by atoms with Gasteiger partial charge in [-0.3, -0.25) is 14.5 Å². The van der Waals surface area contributed by atoms with Crippen LogP contribution in [0.5, 0.6) is 5.75 Å². The molecule has 2 aliphatic rings. The number of benzene rings is 1. The number of carbonyl (C=O) groups excluding carboxylic acids is 2. The third-order valence-corrected chi connectivity index (χ3v) is 6.65. The number of anilines is 1. The minimum absolute atomic E-state index is 0.133. The zero-order chi connectivity index (χ0) is 21.6. The number of ether oxygens (including phenoxy) is 1. The van der Waals surface area contributed by atoms with Crippen LogP contribution in [0.4, 0.5) is 5.69 Å². The number of aromatic nitrogens is 1. The summed E-state index contributed by atoms with van der Waals surface area (Å²) in [5.41, 5.74) is 1.52. The number of furan rings is 1. The van der Waals surface area contributed by atoms with Crippen molar-refractivity contribution in [3.63, 3.8) is 0 Å². The molecule has 0 radical (unpaired) electrons. The minimum atomic E-state index is -1.10. The van der Waals surface area contributed by atoms with Crippen LogP contribution in [0.3, 0.4) is 0 Å². The first-order valence-corrected chi connectivity index (χ1v) is 10.9. The van der Waals surface area contributed by atoms with Crippen LogP contribution in [-0.4, -0.2) is 35.1 Å². The Labute approximate surface area is 180 Å². The molecule has 31 heavy (non-hydrogen) atoms. The van der Waals surface area contributed by atoms with Gasteiger partial charge in [0.05, 0.1) is 25.4 Å². The van der Waals surface area contributed by atoms with Crippen molar-refractivity contribution in [1.82, 2.24) is 9.88 Å². The summed E-state index contributed by atoms with van der Waals surface area (Å²) in [6.07, 6.45) is 7.03. The van der Waals surface area contributed by atoms with Crippen molar-refractivity contribution in [2.24, 2.45) is 0 Å². The monoisotopic (exact) mass is 421 g/mol. The molecule has 0 saturated heterocycles. The number of methoxy groups -OCH3 is 1. The van der Waals surface area contributed by atoms with E-state index in [-0.39, 0.29) is 17.9 Å². The van der Waals surface area contributed by atoms with E-state index in [1.807, 2.05) is 35.8 Å². The normalized spacial score (nSPS) is 21.9. The van der Waals surface area contributed by atoms with Crippen LogP contribution in [0, 0.1) is 0 Å². The number of hydrogen-bond donors (Lipinski definition) is 1. The highest BCUT2D eigenvalue weighted by Gasteiger charge is 2.49. The van der Waals surface area contributed by atoms with E-state index in [1.54, 1.807) is 30.4 Å². The number of nitrogens with zero attached hydrogens (tertiary/aromatic N) is 2. The number of nitrogens with one attached hydrogen (secondary N) is 1. The van der Waals surface area contributed by atoms with Crippen LogP contribution >= 0.6 is 0 Å². The fourth-order valence-corrected chi connectivity index (χ4v) is 4.95. The Morgan fingerprint density at radius 3 is 2.77 bits per heavy atom. The van der Waals surface area contributed by atoms with Gasteiger partial charge >= 0.3 is 0 Å². The lowest BCUT2D eigenvalue weighted by Gasteiger charge is -2.44. The van der Waals surface area contributed by atoms with Crippen molar-refractivity contribution in [2.45, 2.75) is 57.2 Å². The molecular weight excluding hydrogens is 394 g/mol. The van der Waals surface area contributed by atoms with Crippen LogP contribution in [0.1, 0.15) is 49.5 Å². The van der Waals surface area contributed by atoms with Gasteiger partial charge in [0.25, 0.3) is 5.91 Å². The molecule has 1 fully saturated rings. The van der Waals surface area contributed by atoms with Crippen LogP contribution < -0.4 is 15.0 Å². The fraction of sp³-hybridized carbons (Fsp3) is 0.417. The van der Waals surface area contributed by atoms with E-state index < -0.39 is 5.54 Å². The Hall–Kier alpha value is -3.22. The molecule has 7 nitrogen and oxygen atoms in total. The molecule has 0 spiro atoms. The maximum atomic E-state index is 13.7. The molecule has 2 amide bonds. The Bertz CT molecular complexity index is 1140. The summed E-state index contributed by atoms with van der Waals surface area (Å²) < 4.78 is 12.8. The zero-order valence-electron chi connectivity index (χ0n) is 17.9. The van der Waals surface area contributed by atoms with E-state index in [4.69, 9.17) is 9.15 Å². The molecule has 7 heteroatoms.